The number of fused-ring (bicyclic) bond motifs is 1. The molecule has 3 aromatic carbocycles. The third-order valence-corrected chi connectivity index (χ3v) is 4.43. The van der Waals surface area contributed by atoms with Gasteiger partial charge in [-0.05, 0) is 48.0 Å². The molecule has 26 heavy (non-hydrogen) atoms. The molecule has 1 aliphatic heterocycles. The number of anilines is 1. The Labute approximate surface area is 155 Å². The number of hydrogen-bond donors (Lipinski definition) is 1. The van der Waals surface area contributed by atoms with Gasteiger partial charge in [0, 0.05) is 10.6 Å². The van der Waals surface area contributed by atoms with Crippen LogP contribution < -0.4 is 10.1 Å². The van der Waals surface area contributed by atoms with E-state index in [1.165, 1.54) is 0 Å². The molecule has 1 atom stereocenters. The van der Waals surface area contributed by atoms with Crippen LogP contribution >= 0.6 is 11.6 Å². The molecule has 0 aliphatic carbocycles. The number of nitrogens with one attached hydrogen (secondary N) is 1. The number of benzene rings is 3. The normalized spacial score (nSPS) is 16.0. The van der Waals surface area contributed by atoms with Crippen LogP contribution in [0.2, 0.25) is 5.02 Å². The molecule has 0 saturated heterocycles. The first-order valence-electron chi connectivity index (χ1n) is 8.09. The molecular weight excluding hydrogens is 350 g/mol. The Balaban J connectivity index is 1.67. The van der Waals surface area contributed by atoms with E-state index in [-0.39, 0.29) is 11.7 Å². The van der Waals surface area contributed by atoms with Crippen LogP contribution in [0, 0.1) is 0 Å². The van der Waals surface area contributed by atoms with Gasteiger partial charge in [-0.25, -0.2) is 0 Å². The van der Waals surface area contributed by atoms with Crippen molar-refractivity contribution in [1.82, 2.24) is 0 Å². The Hall–Kier alpha value is -3.11. The fourth-order valence-electron chi connectivity index (χ4n) is 3.00. The average molecular weight is 364 g/mol. The Morgan fingerprint density at radius 1 is 0.846 bits per heavy atom. The van der Waals surface area contributed by atoms with Gasteiger partial charge < -0.3 is 10.1 Å². The van der Waals surface area contributed by atoms with Gasteiger partial charge in [-0.15, -0.1) is 0 Å². The van der Waals surface area contributed by atoms with Gasteiger partial charge in [-0.1, -0.05) is 41.9 Å². The molecule has 1 amide bonds. The summed E-state index contributed by atoms with van der Waals surface area (Å²) in [5.41, 5.74) is 1.48. The monoisotopic (exact) mass is 363 g/mol. The zero-order chi connectivity index (χ0) is 18.1. The number of carbonyl (C=O) groups is 2. The van der Waals surface area contributed by atoms with Crippen molar-refractivity contribution in [1.29, 1.82) is 0 Å². The molecule has 1 aliphatic rings. The molecule has 0 aromatic heterocycles. The molecule has 1 heterocycles. The van der Waals surface area contributed by atoms with Gasteiger partial charge in [-0.2, -0.15) is 0 Å². The van der Waals surface area contributed by atoms with Crippen molar-refractivity contribution in [3.63, 3.8) is 0 Å². The highest BCUT2D eigenvalue weighted by Gasteiger charge is 2.35. The molecular formula is C21H14ClNO3. The Morgan fingerprint density at radius 3 is 2.42 bits per heavy atom. The van der Waals surface area contributed by atoms with Crippen molar-refractivity contribution in [3.05, 3.63) is 88.9 Å². The summed E-state index contributed by atoms with van der Waals surface area (Å²) in [7, 11) is 0. The van der Waals surface area contributed by atoms with E-state index < -0.39 is 5.92 Å². The second-order valence-electron chi connectivity index (χ2n) is 5.96. The smallest absolute Gasteiger partial charge is 0.239 e. The number of rotatable bonds is 3. The van der Waals surface area contributed by atoms with Gasteiger partial charge >= 0.3 is 0 Å². The van der Waals surface area contributed by atoms with Crippen LogP contribution in [0.1, 0.15) is 21.8 Å². The standard InChI is InChI=1S/C21H14ClNO3/c22-14-9-10-17-18(12-14)23-21(25)19(20(17)24)13-5-4-8-16(11-13)26-15-6-2-1-3-7-15/h1-12,19H,(H,23,25). The van der Waals surface area contributed by atoms with E-state index in [4.69, 9.17) is 16.3 Å². The number of hydrogen-bond acceptors (Lipinski definition) is 3. The summed E-state index contributed by atoms with van der Waals surface area (Å²) in [5.74, 6) is -0.290. The van der Waals surface area contributed by atoms with E-state index in [2.05, 4.69) is 5.32 Å². The number of amides is 1. The average Bonchev–Trinajstić information content (AvgIpc) is 2.62. The van der Waals surface area contributed by atoms with Crippen LogP contribution in [-0.4, -0.2) is 11.7 Å². The largest absolute Gasteiger partial charge is 0.457 e. The van der Waals surface area contributed by atoms with Gasteiger partial charge in [0.1, 0.15) is 17.4 Å². The molecule has 5 heteroatoms. The van der Waals surface area contributed by atoms with Crippen molar-refractivity contribution in [2.75, 3.05) is 5.32 Å². The maximum atomic E-state index is 12.9. The third kappa shape index (κ3) is 3.07. The highest BCUT2D eigenvalue weighted by atomic mass is 35.5. The van der Waals surface area contributed by atoms with Crippen molar-refractivity contribution in [3.8, 4) is 11.5 Å². The van der Waals surface area contributed by atoms with Crippen LogP contribution in [0.5, 0.6) is 11.5 Å². The zero-order valence-electron chi connectivity index (χ0n) is 13.6. The zero-order valence-corrected chi connectivity index (χ0v) is 14.4. The van der Waals surface area contributed by atoms with Gasteiger partial charge in [0.25, 0.3) is 0 Å². The summed E-state index contributed by atoms with van der Waals surface area (Å²) >= 11 is 5.94. The summed E-state index contributed by atoms with van der Waals surface area (Å²) in [5, 5.41) is 3.23. The molecule has 1 N–H and O–H groups in total. The van der Waals surface area contributed by atoms with Crippen molar-refractivity contribution in [2.45, 2.75) is 5.92 Å². The summed E-state index contributed by atoms with van der Waals surface area (Å²) in [6.45, 7) is 0. The van der Waals surface area contributed by atoms with E-state index in [0.717, 1.165) is 0 Å². The molecule has 0 fully saturated rings. The van der Waals surface area contributed by atoms with Crippen molar-refractivity contribution >= 4 is 29.0 Å². The Kier molecular flexibility index (Phi) is 4.19. The fourth-order valence-corrected chi connectivity index (χ4v) is 3.17. The molecule has 0 radical (unpaired) electrons. The first-order chi connectivity index (χ1) is 12.6. The lowest BCUT2D eigenvalue weighted by molar-refractivity contribution is -0.116. The number of para-hydroxylation sites is 1. The van der Waals surface area contributed by atoms with E-state index in [9.17, 15) is 9.59 Å². The quantitative estimate of drug-likeness (QED) is 0.662. The highest BCUT2D eigenvalue weighted by Crippen LogP contribution is 2.34. The summed E-state index contributed by atoms with van der Waals surface area (Å²) in [4.78, 5) is 25.4. The molecule has 4 nitrogen and oxygen atoms in total. The molecule has 0 bridgehead atoms. The molecule has 128 valence electrons. The maximum Gasteiger partial charge on any atom is 0.239 e. The van der Waals surface area contributed by atoms with E-state index in [1.54, 1.807) is 42.5 Å². The lowest BCUT2D eigenvalue weighted by atomic mass is 9.86. The van der Waals surface area contributed by atoms with Gasteiger partial charge in [-0.3, -0.25) is 9.59 Å². The Bertz CT molecular complexity index is 1000. The molecule has 1 unspecified atom stereocenters. The third-order valence-electron chi connectivity index (χ3n) is 4.20. The first kappa shape index (κ1) is 16.4. The number of ether oxygens (including phenoxy) is 1. The molecule has 0 spiro atoms. The minimum absolute atomic E-state index is 0.253. The highest BCUT2D eigenvalue weighted by molar-refractivity contribution is 6.32. The van der Waals surface area contributed by atoms with Crippen LogP contribution in [-0.2, 0) is 4.79 Å². The number of ketones is 1. The van der Waals surface area contributed by atoms with Gasteiger partial charge in [0.2, 0.25) is 5.91 Å². The predicted molar refractivity (Wildman–Crippen MR) is 100 cm³/mol. The summed E-state index contributed by atoms with van der Waals surface area (Å²) in [6.07, 6.45) is 0. The van der Waals surface area contributed by atoms with Crippen LogP contribution in [0.4, 0.5) is 5.69 Å². The van der Waals surface area contributed by atoms with E-state index in [0.29, 0.717) is 33.3 Å². The number of Topliss-reactive ketones (excluding diaryl/α,β-unsaturated/α-hetero) is 1. The maximum absolute atomic E-state index is 12.9. The molecule has 3 aromatic rings. The van der Waals surface area contributed by atoms with Crippen molar-refractivity contribution < 1.29 is 14.3 Å². The van der Waals surface area contributed by atoms with E-state index >= 15 is 0 Å². The number of carbonyl (C=O) groups excluding carboxylic acids is 2. The first-order valence-corrected chi connectivity index (χ1v) is 8.47. The van der Waals surface area contributed by atoms with Crippen molar-refractivity contribution in [2.24, 2.45) is 0 Å². The minimum atomic E-state index is -0.914. The Morgan fingerprint density at radius 2 is 1.62 bits per heavy atom. The van der Waals surface area contributed by atoms with Crippen LogP contribution in [0.15, 0.2) is 72.8 Å². The SMILES string of the molecule is O=C1Nc2cc(Cl)ccc2C(=O)C1c1cccc(Oc2ccccc2)c1. The molecule has 0 saturated carbocycles. The molecule has 4 rings (SSSR count). The fraction of sp³-hybridized carbons (Fsp3) is 0.0476. The minimum Gasteiger partial charge on any atom is -0.457 e. The summed E-state index contributed by atoms with van der Waals surface area (Å²) in [6, 6.07) is 21.2. The lowest BCUT2D eigenvalue weighted by Gasteiger charge is -2.24. The van der Waals surface area contributed by atoms with Gasteiger partial charge in [0.15, 0.2) is 5.78 Å². The predicted octanol–water partition coefficient (Wildman–Crippen LogP) is 5.05. The van der Waals surface area contributed by atoms with Crippen LogP contribution in [0.25, 0.3) is 0 Å². The second kappa shape index (κ2) is 6.65. The van der Waals surface area contributed by atoms with E-state index in [1.807, 2.05) is 30.3 Å². The lowest BCUT2D eigenvalue weighted by Crippen LogP contribution is -2.33. The second-order valence-corrected chi connectivity index (χ2v) is 6.40. The number of halogens is 1. The van der Waals surface area contributed by atoms with Crippen LogP contribution in [0.3, 0.4) is 0 Å². The summed E-state index contributed by atoms with van der Waals surface area (Å²) < 4.78 is 5.81. The van der Waals surface area contributed by atoms with Gasteiger partial charge in [0.05, 0.1) is 5.69 Å². The topological polar surface area (TPSA) is 55.4 Å².